The van der Waals surface area contributed by atoms with E-state index < -0.39 is 5.54 Å². The van der Waals surface area contributed by atoms with Crippen molar-refractivity contribution >= 4 is 34.9 Å². The molecule has 5 nitrogen and oxygen atoms in total. The van der Waals surface area contributed by atoms with Crippen LogP contribution < -0.4 is 5.32 Å². The Morgan fingerprint density at radius 2 is 1.67 bits per heavy atom. The third-order valence-corrected chi connectivity index (χ3v) is 7.01. The van der Waals surface area contributed by atoms with Gasteiger partial charge in [-0.05, 0) is 55.1 Å². The van der Waals surface area contributed by atoms with Gasteiger partial charge in [0.2, 0.25) is 11.8 Å². The van der Waals surface area contributed by atoms with Crippen LogP contribution in [0.4, 0.5) is 5.69 Å². The summed E-state index contributed by atoms with van der Waals surface area (Å²) in [6.45, 7) is 1.87. The Bertz CT molecular complexity index is 1070. The standard InChI is InChI=1S/C27H29N3O2S/c1-29-18-16-27(17-19-29,26(32)28-23-11-6-3-7-12-23)30(21-22-9-4-2-5-10-22)25(31)15-14-24-13-8-20-33-24/h2-15,20H,16-19,21H2,1H3,(H,28,32). The van der Waals surface area contributed by atoms with Crippen molar-refractivity contribution in [3.05, 3.63) is 94.7 Å². The molecular weight excluding hydrogens is 430 g/mol. The highest BCUT2D eigenvalue weighted by Crippen LogP contribution is 2.32. The van der Waals surface area contributed by atoms with Gasteiger partial charge in [0.05, 0.1) is 0 Å². The van der Waals surface area contributed by atoms with E-state index in [1.54, 1.807) is 22.3 Å². The fraction of sp³-hybridized carbons (Fsp3) is 0.259. The number of thiophene rings is 1. The van der Waals surface area contributed by atoms with Gasteiger partial charge in [-0.2, -0.15) is 0 Å². The van der Waals surface area contributed by atoms with Crippen LogP contribution in [0.2, 0.25) is 0 Å². The van der Waals surface area contributed by atoms with Gasteiger partial charge in [-0.3, -0.25) is 9.59 Å². The summed E-state index contributed by atoms with van der Waals surface area (Å²) in [6, 6.07) is 23.3. The minimum absolute atomic E-state index is 0.129. The Hall–Kier alpha value is -3.22. The number of benzene rings is 2. The molecule has 0 atom stereocenters. The predicted octanol–water partition coefficient (Wildman–Crippen LogP) is 4.89. The largest absolute Gasteiger partial charge is 0.324 e. The first kappa shape index (κ1) is 23.0. The van der Waals surface area contributed by atoms with Gasteiger partial charge in [-0.15, -0.1) is 11.3 Å². The van der Waals surface area contributed by atoms with Crippen LogP contribution in [0.3, 0.4) is 0 Å². The van der Waals surface area contributed by atoms with Gasteiger partial charge in [-0.25, -0.2) is 0 Å². The molecule has 2 aromatic carbocycles. The molecule has 1 aromatic heterocycles. The average Bonchev–Trinajstić information content (AvgIpc) is 3.37. The van der Waals surface area contributed by atoms with E-state index in [4.69, 9.17) is 0 Å². The number of hydrogen-bond donors (Lipinski definition) is 1. The van der Waals surface area contributed by atoms with Gasteiger partial charge in [0.1, 0.15) is 5.54 Å². The molecule has 6 heteroatoms. The van der Waals surface area contributed by atoms with Crippen molar-refractivity contribution in [2.75, 3.05) is 25.5 Å². The second kappa shape index (κ2) is 10.6. The van der Waals surface area contributed by atoms with E-state index in [0.717, 1.165) is 29.2 Å². The van der Waals surface area contributed by atoms with E-state index in [2.05, 4.69) is 17.3 Å². The van der Waals surface area contributed by atoms with Crippen LogP contribution in [-0.4, -0.2) is 47.3 Å². The van der Waals surface area contributed by atoms with E-state index in [-0.39, 0.29) is 11.8 Å². The maximum Gasteiger partial charge on any atom is 0.250 e. The number of nitrogens with zero attached hydrogens (tertiary/aromatic N) is 2. The quantitative estimate of drug-likeness (QED) is 0.512. The molecule has 2 amide bonds. The van der Waals surface area contributed by atoms with Crippen molar-refractivity contribution < 1.29 is 9.59 Å². The van der Waals surface area contributed by atoms with Crippen molar-refractivity contribution in [2.24, 2.45) is 0 Å². The SMILES string of the molecule is CN1CCC(C(=O)Nc2ccccc2)(N(Cc2ccccc2)C(=O)C=Cc2cccs2)CC1. The van der Waals surface area contributed by atoms with Crippen LogP contribution in [0, 0.1) is 0 Å². The summed E-state index contributed by atoms with van der Waals surface area (Å²) in [4.78, 5) is 32.4. The number of nitrogens with one attached hydrogen (secondary N) is 1. The topological polar surface area (TPSA) is 52.7 Å². The Labute approximate surface area is 199 Å². The summed E-state index contributed by atoms with van der Waals surface area (Å²) in [5.41, 5.74) is 0.804. The molecule has 0 spiro atoms. The lowest BCUT2D eigenvalue weighted by Gasteiger charge is -2.46. The summed E-state index contributed by atoms with van der Waals surface area (Å²) in [5.74, 6) is -0.282. The zero-order chi connectivity index (χ0) is 23.1. The molecule has 1 fully saturated rings. The van der Waals surface area contributed by atoms with Crippen molar-refractivity contribution in [3.63, 3.8) is 0 Å². The van der Waals surface area contributed by atoms with Gasteiger partial charge in [0, 0.05) is 36.3 Å². The molecule has 1 N–H and O–H groups in total. The maximum absolute atomic E-state index is 13.8. The molecule has 4 rings (SSSR count). The Morgan fingerprint density at radius 1 is 1.00 bits per heavy atom. The zero-order valence-electron chi connectivity index (χ0n) is 18.8. The Morgan fingerprint density at radius 3 is 2.30 bits per heavy atom. The summed E-state index contributed by atoms with van der Waals surface area (Å²) in [7, 11) is 2.05. The number of likely N-dealkylation sites (tertiary alicyclic amines) is 1. The average molecular weight is 460 g/mol. The molecule has 1 aliphatic heterocycles. The van der Waals surface area contributed by atoms with Crippen LogP contribution in [-0.2, 0) is 16.1 Å². The fourth-order valence-corrected chi connectivity index (χ4v) is 4.83. The van der Waals surface area contributed by atoms with Crippen molar-refractivity contribution in [2.45, 2.75) is 24.9 Å². The van der Waals surface area contributed by atoms with Crippen LogP contribution in [0.15, 0.2) is 84.3 Å². The molecule has 170 valence electrons. The number of anilines is 1. The molecule has 33 heavy (non-hydrogen) atoms. The van der Waals surface area contributed by atoms with Gasteiger partial charge >= 0.3 is 0 Å². The second-order valence-corrected chi connectivity index (χ2v) is 9.39. The zero-order valence-corrected chi connectivity index (χ0v) is 19.6. The molecule has 0 unspecified atom stereocenters. The number of carbonyl (C=O) groups excluding carboxylic acids is 2. The van der Waals surface area contributed by atoms with Crippen LogP contribution >= 0.6 is 11.3 Å². The molecule has 1 saturated heterocycles. The van der Waals surface area contributed by atoms with Gasteiger partial charge in [-0.1, -0.05) is 54.6 Å². The summed E-state index contributed by atoms with van der Waals surface area (Å²) in [6.07, 6.45) is 4.59. The highest BCUT2D eigenvalue weighted by atomic mass is 32.1. The molecule has 2 heterocycles. The number of para-hydroxylation sites is 1. The third-order valence-electron chi connectivity index (χ3n) is 6.17. The smallest absolute Gasteiger partial charge is 0.250 e. The lowest BCUT2D eigenvalue weighted by Crippen LogP contribution is -2.62. The number of rotatable bonds is 7. The first-order chi connectivity index (χ1) is 16.1. The summed E-state index contributed by atoms with van der Waals surface area (Å²) >= 11 is 1.58. The second-order valence-electron chi connectivity index (χ2n) is 8.41. The molecule has 0 radical (unpaired) electrons. The molecule has 3 aromatic rings. The number of carbonyl (C=O) groups is 2. The van der Waals surface area contributed by atoms with Crippen LogP contribution in [0.5, 0.6) is 0 Å². The predicted molar refractivity (Wildman–Crippen MR) is 135 cm³/mol. The van der Waals surface area contributed by atoms with E-state index in [0.29, 0.717) is 19.4 Å². The number of amides is 2. The molecule has 1 aliphatic rings. The molecular formula is C27H29N3O2S. The van der Waals surface area contributed by atoms with Crippen molar-refractivity contribution in [1.29, 1.82) is 0 Å². The lowest BCUT2D eigenvalue weighted by molar-refractivity contribution is -0.146. The minimum Gasteiger partial charge on any atom is -0.324 e. The maximum atomic E-state index is 13.8. The molecule has 0 saturated carbocycles. The van der Waals surface area contributed by atoms with Gasteiger partial charge in [0.25, 0.3) is 0 Å². The van der Waals surface area contributed by atoms with Gasteiger partial charge < -0.3 is 15.1 Å². The van der Waals surface area contributed by atoms with E-state index in [1.165, 1.54) is 0 Å². The van der Waals surface area contributed by atoms with Crippen LogP contribution in [0.1, 0.15) is 23.3 Å². The van der Waals surface area contributed by atoms with Gasteiger partial charge in [0.15, 0.2) is 0 Å². The molecule has 0 bridgehead atoms. The summed E-state index contributed by atoms with van der Waals surface area (Å²) in [5, 5.41) is 5.07. The van der Waals surface area contributed by atoms with E-state index >= 15 is 0 Å². The summed E-state index contributed by atoms with van der Waals surface area (Å²) < 4.78 is 0. The number of hydrogen-bond acceptors (Lipinski definition) is 4. The normalized spacial score (nSPS) is 15.9. The highest BCUT2D eigenvalue weighted by molar-refractivity contribution is 7.10. The van der Waals surface area contributed by atoms with Crippen molar-refractivity contribution in [1.82, 2.24) is 9.80 Å². The van der Waals surface area contributed by atoms with Crippen molar-refractivity contribution in [3.8, 4) is 0 Å². The fourth-order valence-electron chi connectivity index (χ4n) is 4.21. The first-order valence-electron chi connectivity index (χ1n) is 11.2. The monoisotopic (exact) mass is 459 g/mol. The van der Waals surface area contributed by atoms with Crippen LogP contribution in [0.25, 0.3) is 6.08 Å². The third kappa shape index (κ3) is 5.59. The van der Waals surface area contributed by atoms with E-state index in [9.17, 15) is 9.59 Å². The lowest BCUT2D eigenvalue weighted by atomic mass is 9.83. The van der Waals surface area contributed by atoms with E-state index in [1.807, 2.05) is 84.3 Å². The first-order valence-corrected chi connectivity index (χ1v) is 12.1. The Balaban J connectivity index is 1.69. The minimum atomic E-state index is -0.935. The number of piperidine rings is 1. The Kier molecular flexibility index (Phi) is 7.37. The molecule has 0 aliphatic carbocycles. The highest BCUT2D eigenvalue weighted by Gasteiger charge is 2.47.